The van der Waals surface area contributed by atoms with E-state index in [-0.39, 0.29) is 6.03 Å². The van der Waals surface area contributed by atoms with Crippen molar-refractivity contribution in [1.29, 1.82) is 5.26 Å². The summed E-state index contributed by atoms with van der Waals surface area (Å²) in [5, 5.41) is 19.1. The minimum absolute atomic E-state index is 0.198. The van der Waals surface area contributed by atoms with E-state index in [1.54, 1.807) is 11.0 Å². The van der Waals surface area contributed by atoms with Gasteiger partial charge in [0, 0.05) is 80.2 Å². The Labute approximate surface area is 431 Å². The molecule has 13 nitrogen and oxygen atoms in total. The summed E-state index contributed by atoms with van der Waals surface area (Å²) in [7, 11) is 0. The van der Waals surface area contributed by atoms with Crippen LogP contribution in [0.4, 0.5) is 31.0 Å². The average Bonchev–Trinajstić information content (AvgIpc) is 3.70. The Morgan fingerprint density at radius 1 is 0.704 bits per heavy atom. The number of piperazine rings is 2. The lowest BCUT2D eigenvalue weighted by Crippen LogP contribution is -2.47. The summed E-state index contributed by atoms with van der Waals surface area (Å²) in [5.41, 5.74) is 11.5. The molecule has 10 rings (SSSR count). The van der Waals surface area contributed by atoms with Crippen molar-refractivity contribution in [3.63, 3.8) is 0 Å². The lowest BCUT2D eigenvalue weighted by atomic mass is 10.1. The fourth-order valence-electron chi connectivity index (χ4n) is 10.0. The number of aryl methyl sites for hydroxylation is 2. The summed E-state index contributed by atoms with van der Waals surface area (Å²) in [6, 6.07) is 30.2. The Kier molecular flexibility index (Phi) is 17.4. The van der Waals surface area contributed by atoms with Crippen molar-refractivity contribution in [2.75, 3.05) is 112 Å². The highest BCUT2D eigenvalue weighted by Crippen LogP contribution is 2.40. The molecule has 374 valence electrons. The Hall–Kier alpha value is -5.76. The molecule has 0 atom stereocenters. The predicted octanol–water partition coefficient (Wildman–Crippen LogP) is 11.0. The lowest BCUT2D eigenvalue weighted by Gasteiger charge is -2.37. The molecular formula is C55H66ClN9O4S2. The van der Waals surface area contributed by atoms with Crippen molar-refractivity contribution in [3.05, 3.63) is 107 Å². The second kappa shape index (κ2) is 24.6. The summed E-state index contributed by atoms with van der Waals surface area (Å²) < 4.78 is 14.4. The van der Waals surface area contributed by atoms with Gasteiger partial charge in [-0.15, -0.1) is 22.7 Å². The molecule has 2 aromatic heterocycles. The van der Waals surface area contributed by atoms with Crippen molar-refractivity contribution in [1.82, 2.24) is 15.1 Å². The first-order valence-corrected chi connectivity index (χ1v) is 27.5. The first kappa shape index (κ1) is 50.2. The number of nitriles is 1. The van der Waals surface area contributed by atoms with Crippen molar-refractivity contribution in [3.8, 4) is 17.6 Å². The Morgan fingerprint density at radius 2 is 1.32 bits per heavy atom. The van der Waals surface area contributed by atoms with Crippen LogP contribution in [0.5, 0.6) is 11.5 Å². The number of urea groups is 2. The van der Waals surface area contributed by atoms with Gasteiger partial charge in [-0.3, -0.25) is 20.0 Å². The van der Waals surface area contributed by atoms with Crippen LogP contribution in [0.2, 0.25) is 5.02 Å². The van der Waals surface area contributed by atoms with Gasteiger partial charge in [0.15, 0.2) is 0 Å². The SMILES string of the molecule is N#Cc1ccc2sc(N(CCCCN3CCN(c4cccc5c4OCCCC5)CC3)C(N)=O)cc2c1.O=C(NCCCCN1CCN(c2cccc3c2OCCCC3)CC1)Nc1sc2ccccc2c1Cl. The van der Waals surface area contributed by atoms with E-state index >= 15 is 0 Å². The first-order valence-electron chi connectivity index (χ1n) is 25.5. The zero-order valence-electron chi connectivity index (χ0n) is 40.6. The number of nitrogens with two attached hydrogens (primary N) is 1. The second-order valence-electron chi connectivity index (χ2n) is 18.8. The molecule has 0 saturated carbocycles. The van der Waals surface area contributed by atoms with Crippen molar-refractivity contribution >= 4 is 87.9 Å². The molecule has 0 spiro atoms. The molecule has 4 aromatic carbocycles. The number of rotatable bonds is 14. The smallest absolute Gasteiger partial charge is 0.319 e. The van der Waals surface area contributed by atoms with E-state index < -0.39 is 6.03 Å². The fraction of sp³-hybridized carbons (Fsp3) is 0.436. The van der Waals surface area contributed by atoms with Crippen LogP contribution in [0.15, 0.2) is 84.9 Å². The van der Waals surface area contributed by atoms with Gasteiger partial charge in [-0.25, -0.2) is 9.59 Å². The van der Waals surface area contributed by atoms with E-state index in [0.717, 1.165) is 167 Å². The number of carbonyl (C=O) groups is 2. The number of ether oxygens (including phenoxy) is 2. The van der Waals surface area contributed by atoms with Crippen LogP contribution >= 0.6 is 34.3 Å². The zero-order chi connectivity index (χ0) is 48.9. The van der Waals surface area contributed by atoms with Crippen LogP contribution in [-0.2, 0) is 12.8 Å². The van der Waals surface area contributed by atoms with E-state index in [1.165, 1.54) is 58.0 Å². The first-order chi connectivity index (χ1) is 34.8. The van der Waals surface area contributed by atoms with Gasteiger partial charge in [-0.1, -0.05) is 54.1 Å². The monoisotopic (exact) mass is 1020 g/mol. The number of hydrogen-bond donors (Lipinski definition) is 3. The highest BCUT2D eigenvalue weighted by atomic mass is 35.5. The number of carbonyl (C=O) groups excluding carboxylic acids is 2. The summed E-state index contributed by atoms with van der Waals surface area (Å²) in [6.07, 6.45) is 10.8. The summed E-state index contributed by atoms with van der Waals surface area (Å²) >= 11 is 9.45. The van der Waals surface area contributed by atoms with Gasteiger partial charge < -0.3 is 30.3 Å². The Balaban J connectivity index is 0.000000176. The van der Waals surface area contributed by atoms with Crippen LogP contribution < -0.4 is 40.5 Å². The van der Waals surface area contributed by atoms with Gasteiger partial charge in [0.1, 0.15) is 21.5 Å². The molecule has 2 fully saturated rings. The van der Waals surface area contributed by atoms with Gasteiger partial charge in [0.25, 0.3) is 0 Å². The molecule has 0 aliphatic carbocycles. The maximum Gasteiger partial charge on any atom is 0.319 e. The van der Waals surface area contributed by atoms with Crippen LogP contribution in [0.25, 0.3) is 20.2 Å². The molecule has 0 radical (unpaired) electrons. The quantitative estimate of drug-likeness (QED) is 0.0909. The minimum atomic E-state index is -0.431. The summed E-state index contributed by atoms with van der Waals surface area (Å²) in [4.78, 5) is 36.1. The molecule has 4 aliphatic heterocycles. The van der Waals surface area contributed by atoms with E-state index in [2.05, 4.69) is 72.7 Å². The average molecular weight is 1020 g/mol. The molecule has 4 N–H and O–H groups in total. The normalized spacial score (nSPS) is 16.3. The van der Waals surface area contributed by atoms with Crippen molar-refractivity contribution in [2.45, 2.75) is 64.2 Å². The molecule has 6 aromatic rings. The Morgan fingerprint density at radius 3 is 1.93 bits per heavy atom. The topological polar surface area (TPSA) is 143 Å². The number of unbranched alkanes of at least 4 members (excludes halogenated alkanes) is 2. The number of thiophene rings is 2. The van der Waals surface area contributed by atoms with Crippen LogP contribution in [-0.4, -0.2) is 114 Å². The van der Waals surface area contributed by atoms with E-state index in [0.29, 0.717) is 28.7 Å². The van der Waals surface area contributed by atoms with Gasteiger partial charge in [0.2, 0.25) is 0 Å². The highest BCUT2D eigenvalue weighted by Gasteiger charge is 2.25. The molecule has 0 unspecified atom stereocenters. The third-order valence-corrected chi connectivity index (χ3v) is 16.7. The number of hydrogen-bond acceptors (Lipinski definition) is 11. The van der Waals surface area contributed by atoms with Gasteiger partial charge in [-0.05, 0) is 136 Å². The molecule has 16 heteroatoms. The van der Waals surface area contributed by atoms with Crippen LogP contribution in [0, 0.1) is 11.3 Å². The van der Waals surface area contributed by atoms with E-state index in [4.69, 9.17) is 32.1 Å². The molecule has 0 bridgehead atoms. The van der Waals surface area contributed by atoms with E-state index in [9.17, 15) is 9.59 Å². The Bertz CT molecular complexity index is 2800. The maximum atomic E-state index is 12.3. The van der Waals surface area contributed by atoms with E-state index in [1.807, 2.05) is 42.5 Å². The predicted molar refractivity (Wildman–Crippen MR) is 293 cm³/mol. The number of para-hydroxylation sites is 2. The largest absolute Gasteiger partial charge is 0.491 e. The van der Waals surface area contributed by atoms with Crippen molar-refractivity contribution < 1.29 is 19.1 Å². The standard InChI is InChI=1S/C28H33N5O2S.C27H33ClN4O2S/c29-20-21-9-10-25-23(18-21)19-26(36-25)33(28(30)34)12-3-2-11-31-13-15-32(16-14-31)24-8-5-7-22-6-1-4-17-35-27(22)24;28-24-21-10-1-2-12-23(21)35-26(24)30-27(33)29-13-4-5-14-31-15-17-32(18-16-31)22-11-7-9-20-8-3-6-19-34-25(20)22/h5,7-10,18-19H,1-4,6,11-17H2,(H2,30,34);1-2,7,9-12H,3-6,8,13-19H2,(H2,29,30,33). The number of halogens is 1. The lowest BCUT2D eigenvalue weighted by molar-refractivity contribution is 0.246. The number of anilines is 4. The van der Waals surface area contributed by atoms with Crippen molar-refractivity contribution in [2.24, 2.45) is 5.73 Å². The summed E-state index contributed by atoms with van der Waals surface area (Å²) in [5.74, 6) is 2.21. The van der Waals surface area contributed by atoms with Crippen LogP contribution in [0.3, 0.4) is 0 Å². The number of amides is 4. The number of benzene rings is 4. The minimum Gasteiger partial charge on any atom is -0.491 e. The molecule has 4 aliphatic rings. The highest BCUT2D eigenvalue weighted by molar-refractivity contribution is 7.24. The summed E-state index contributed by atoms with van der Waals surface area (Å²) in [6.45, 7) is 13.2. The fourth-order valence-corrected chi connectivity index (χ4v) is 12.5. The van der Waals surface area contributed by atoms with Gasteiger partial charge in [-0.2, -0.15) is 5.26 Å². The molecule has 2 saturated heterocycles. The third-order valence-electron chi connectivity index (χ3n) is 14.0. The third kappa shape index (κ3) is 12.8. The number of primary amides is 1. The zero-order valence-corrected chi connectivity index (χ0v) is 43.0. The second-order valence-corrected chi connectivity index (χ2v) is 21.3. The van der Waals surface area contributed by atoms with Gasteiger partial charge >= 0.3 is 12.1 Å². The molecule has 6 heterocycles. The number of nitrogens with zero attached hydrogens (tertiary/aromatic N) is 6. The number of fused-ring (bicyclic) bond motifs is 4. The molecule has 71 heavy (non-hydrogen) atoms. The number of nitrogens with one attached hydrogen (secondary N) is 2. The molecule has 4 amide bonds. The van der Waals surface area contributed by atoms with Gasteiger partial charge in [0.05, 0.1) is 41.2 Å². The maximum absolute atomic E-state index is 12.3. The van der Waals surface area contributed by atoms with Crippen LogP contribution in [0.1, 0.15) is 68.1 Å². The molecular weight excluding hydrogens is 950 g/mol.